The zero-order valence-corrected chi connectivity index (χ0v) is 26.3. The summed E-state index contributed by atoms with van der Waals surface area (Å²) in [7, 11) is 0. The number of halogens is 1. The van der Waals surface area contributed by atoms with Crippen LogP contribution in [0.4, 0.5) is 9.18 Å². The van der Waals surface area contributed by atoms with Gasteiger partial charge in [-0.1, -0.05) is 42.0 Å². The number of amides is 2. The van der Waals surface area contributed by atoms with Crippen LogP contribution in [-0.2, 0) is 9.47 Å². The molecule has 2 saturated heterocycles. The number of aromatic nitrogens is 1. The molecule has 236 valence electrons. The lowest BCUT2D eigenvalue weighted by molar-refractivity contribution is -0.0500. The summed E-state index contributed by atoms with van der Waals surface area (Å²) in [6.45, 7) is 10.1. The van der Waals surface area contributed by atoms with E-state index in [4.69, 9.17) is 14.2 Å². The molecule has 0 radical (unpaired) electrons. The number of hydrogen-bond acceptors (Lipinski definition) is 6. The van der Waals surface area contributed by atoms with Crippen molar-refractivity contribution in [1.29, 1.82) is 0 Å². The summed E-state index contributed by atoms with van der Waals surface area (Å²) in [6, 6.07) is 16.2. The Hall–Kier alpha value is -4.24. The topological polar surface area (TPSA) is 90.0 Å². The van der Waals surface area contributed by atoms with Gasteiger partial charge in [-0.25, -0.2) is 9.18 Å². The number of pyridine rings is 1. The minimum atomic E-state index is -0.519. The van der Waals surface area contributed by atoms with Crippen molar-refractivity contribution in [1.82, 2.24) is 15.2 Å². The Balaban J connectivity index is 1.14. The third-order valence-electron chi connectivity index (χ3n) is 8.58. The van der Waals surface area contributed by atoms with Gasteiger partial charge in [0.1, 0.15) is 23.3 Å². The minimum Gasteiger partial charge on any atom is -0.486 e. The Morgan fingerprint density at radius 2 is 1.69 bits per heavy atom. The van der Waals surface area contributed by atoms with Crippen LogP contribution in [0.15, 0.2) is 72.6 Å². The normalized spacial score (nSPS) is 19.4. The maximum Gasteiger partial charge on any atom is 0.410 e. The van der Waals surface area contributed by atoms with Gasteiger partial charge in [0.25, 0.3) is 5.91 Å². The van der Waals surface area contributed by atoms with E-state index in [1.165, 1.54) is 23.9 Å². The molecule has 3 fully saturated rings. The van der Waals surface area contributed by atoms with E-state index in [2.05, 4.69) is 22.4 Å². The molecule has 1 spiro atoms. The highest BCUT2D eigenvalue weighted by Gasteiger charge is 2.53. The van der Waals surface area contributed by atoms with Crippen molar-refractivity contribution in [3.63, 3.8) is 0 Å². The number of carbonyl (C=O) groups is 2. The van der Waals surface area contributed by atoms with Crippen LogP contribution >= 0.6 is 0 Å². The first-order chi connectivity index (χ1) is 21.5. The Bertz CT molecular complexity index is 1570. The summed E-state index contributed by atoms with van der Waals surface area (Å²) in [5.41, 5.74) is 5.30. The zero-order chi connectivity index (χ0) is 31.8. The number of allylic oxidation sites excluding steroid dienone is 1. The van der Waals surface area contributed by atoms with Crippen molar-refractivity contribution in [2.75, 3.05) is 26.3 Å². The molecule has 2 atom stereocenters. The van der Waals surface area contributed by atoms with E-state index in [-0.39, 0.29) is 35.4 Å². The van der Waals surface area contributed by atoms with Gasteiger partial charge >= 0.3 is 6.09 Å². The number of likely N-dealkylation sites (tertiary alicyclic amines) is 1. The smallest absolute Gasteiger partial charge is 0.410 e. The fourth-order valence-electron chi connectivity index (χ4n) is 6.37. The Morgan fingerprint density at radius 1 is 1.02 bits per heavy atom. The summed E-state index contributed by atoms with van der Waals surface area (Å²) >= 11 is 0. The molecule has 3 aliphatic rings. The second-order valence-electron chi connectivity index (χ2n) is 13.5. The van der Waals surface area contributed by atoms with Crippen molar-refractivity contribution < 1.29 is 28.2 Å². The maximum absolute atomic E-state index is 13.8. The van der Waals surface area contributed by atoms with Crippen LogP contribution in [0.25, 0.3) is 5.57 Å². The number of ether oxygens (including phenoxy) is 3. The number of benzene rings is 2. The molecular formula is C36H40FN3O5. The van der Waals surface area contributed by atoms with Crippen LogP contribution in [-0.4, -0.2) is 59.9 Å². The lowest BCUT2D eigenvalue weighted by Crippen LogP contribution is -2.62. The minimum absolute atomic E-state index is 0.0246. The number of nitrogens with zero attached hydrogens (tertiary/aromatic N) is 2. The van der Waals surface area contributed by atoms with Gasteiger partial charge < -0.3 is 24.4 Å². The Morgan fingerprint density at radius 3 is 2.31 bits per heavy atom. The summed E-state index contributed by atoms with van der Waals surface area (Å²) in [6.07, 6.45) is 5.41. The van der Waals surface area contributed by atoms with Gasteiger partial charge in [0.05, 0.1) is 31.0 Å². The molecule has 1 N–H and O–H groups in total. The van der Waals surface area contributed by atoms with Gasteiger partial charge in [-0.2, -0.15) is 0 Å². The fourth-order valence-corrected chi connectivity index (χ4v) is 6.37. The van der Waals surface area contributed by atoms with E-state index in [0.29, 0.717) is 37.6 Å². The average molecular weight is 614 g/mol. The molecule has 2 aromatic carbocycles. The molecule has 0 unspecified atom stereocenters. The SMILES string of the molecule is C[C@@H](NC(=O)c1cncc(O[C@@H]2CCOC2)c1)c1ccc(C(=C2CC3(C2)CN(C(=O)OC(C)(C)C)C3)c2ccc(F)cc2)cc1. The van der Waals surface area contributed by atoms with Crippen LogP contribution in [0.2, 0.25) is 0 Å². The van der Waals surface area contributed by atoms with Gasteiger partial charge in [-0.05, 0) is 81.0 Å². The largest absolute Gasteiger partial charge is 0.486 e. The zero-order valence-electron chi connectivity index (χ0n) is 26.3. The monoisotopic (exact) mass is 613 g/mol. The van der Waals surface area contributed by atoms with Crippen LogP contribution in [0.3, 0.4) is 0 Å². The highest BCUT2D eigenvalue weighted by atomic mass is 19.1. The van der Waals surface area contributed by atoms with Gasteiger partial charge in [0.2, 0.25) is 0 Å². The van der Waals surface area contributed by atoms with Crippen LogP contribution < -0.4 is 10.1 Å². The molecule has 6 rings (SSSR count). The fraction of sp³-hybridized carbons (Fsp3) is 0.417. The summed E-state index contributed by atoms with van der Waals surface area (Å²) in [5, 5.41) is 3.06. The van der Waals surface area contributed by atoms with Crippen molar-refractivity contribution >= 4 is 17.6 Å². The first-order valence-corrected chi connectivity index (χ1v) is 15.5. The van der Waals surface area contributed by atoms with Crippen LogP contribution in [0.1, 0.15) is 80.0 Å². The third-order valence-corrected chi connectivity index (χ3v) is 8.58. The lowest BCUT2D eigenvalue weighted by Gasteiger charge is -2.57. The average Bonchev–Trinajstić information content (AvgIpc) is 3.46. The second kappa shape index (κ2) is 12.3. The van der Waals surface area contributed by atoms with Crippen molar-refractivity contribution in [2.45, 2.75) is 64.7 Å². The molecule has 2 amide bonds. The van der Waals surface area contributed by atoms with E-state index in [9.17, 15) is 14.0 Å². The first-order valence-electron chi connectivity index (χ1n) is 15.5. The van der Waals surface area contributed by atoms with Crippen LogP contribution in [0.5, 0.6) is 5.75 Å². The predicted octanol–water partition coefficient (Wildman–Crippen LogP) is 6.71. The standard InChI is InChI=1S/C36H40FN3O5/c1-23(39-33(41)27-15-31(19-38-18-27)44-30-13-14-43-20-30)24-5-7-25(8-6-24)32(26-9-11-29(37)12-10-26)28-16-36(17-28)21-40(22-36)34(42)45-35(2,3)4/h5-12,15,18-19,23,30H,13-14,16-17,20-22H2,1-4H3,(H,39,41)/t23-,30-/m1/s1. The van der Waals surface area contributed by atoms with Gasteiger partial charge in [0, 0.05) is 31.1 Å². The molecule has 0 bridgehead atoms. The first kappa shape index (κ1) is 30.8. The molecule has 2 aliphatic heterocycles. The predicted molar refractivity (Wildman–Crippen MR) is 168 cm³/mol. The molecule has 45 heavy (non-hydrogen) atoms. The van der Waals surface area contributed by atoms with Crippen molar-refractivity contribution in [2.24, 2.45) is 5.41 Å². The molecular weight excluding hydrogens is 573 g/mol. The highest BCUT2D eigenvalue weighted by Crippen LogP contribution is 2.55. The number of nitrogens with one attached hydrogen (secondary N) is 1. The van der Waals surface area contributed by atoms with E-state index in [1.54, 1.807) is 17.2 Å². The quantitative estimate of drug-likeness (QED) is 0.319. The molecule has 1 saturated carbocycles. The lowest BCUT2D eigenvalue weighted by atomic mass is 9.59. The van der Waals surface area contributed by atoms with E-state index in [0.717, 1.165) is 41.5 Å². The molecule has 9 heteroatoms. The van der Waals surface area contributed by atoms with Gasteiger partial charge in [-0.3, -0.25) is 9.78 Å². The molecule has 1 aliphatic carbocycles. The van der Waals surface area contributed by atoms with Gasteiger partial charge in [0.15, 0.2) is 0 Å². The summed E-state index contributed by atoms with van der Waals surface area (Å²) in [5.74, 6) is 0.0377. The Kier molecular flexibility index (Phi) is 8.39. The summed E-state index contributed by atoms with van der Waals surface area (Å²) < 4.78 is 30.7. The maximum atomic E-state index is 13.8. The summed E-state index contributed by atoms with van der Waals surface area (Å²) in [4.78, 5) is 31.5. The third kappa shape index (κ3) is 7.04. The second-order valence-corrected chi connectivity index (χ2v) is 13.5. The van der Waals surface area contributed by atoms with E-state index < -0.39 is 5.60 Å². The molecule has 3 heterocycles. The Labute approximate surface area is 263 Å². The number of carbonyl (C=O) groups excluding carboxylic acids is 2. The number of rotatable bonds is 7. The van der Waals surface area contributed by atoms with Crippen molar-refractivity contribution in [3.05, 3.63) is 101 Å². The molecule has 3 aromatic rings. The van der Waals surface area contributed by atoms with Gasteiger partial charge in [-0.15, -0.1) is 0 Å². The highest BCUT2D eigenvalue weighted by molar-refractivity contribution is 5.94. The van der Waals surface area contributed by atoms with E-state index >= 15 is 0 Å². The molecule has 1 aromatic heterocycles. The molecule has 8 nitrogen and oxygen atoms in total. The van der Waals surface area contributed by atoms with E-state index in [1.807, 2.05) is 52.0 Å². The number of hydrogen-bond donors (Lipinski definition) is 1. The van der Waals surface area contributed by atoms with Crippen molar-refractivity contribution in [3.8, 4) is 5.75 Å². The van der Waals surface area contributed by atoms with Crippen LogP contribution in [0, 0.1) is 11.2 Å².